The van der Waals surface area contributed by atoms with Crippen LogP contribution in [0.4, 0.5) is 18.9 Å². The second-order valence-corrected chi connectivity index (χ2v) is 10.9. The lowest BCUT2D eigenvalue weighted by molar-refractivity contribution is -0.137. The highest BCUT2D eigenvalue weighted by atomic mass is 19.4. The Balaban J connectivity index is 1.51. The summed E-state index contributed by atoms with van der Waals surface area (Å²) in [5.41, 5.74) is 9.51. The summed E-state index contributed by atoms with van der Waals surface area (Å²) in [6, 6.07) is 17.7. The SMILES string of the molecule is Cc1c(-c2ccc(C(N)=O)c3[nH]c4cc(C(C)(C)O)ccc4c23)cccc1N1Cc2ccc(C(F)(F)F)cc2C1=O. The van der Waals surface area contributed by atoms with Crippen molar-refractivity contribution in [2.24, 2.45) is 5.73 Å². The van der Waals surface area contributed by atoms with Gasteiger partial charge < -0.3 is 20.7 Å². The van der Waals surface area contributed by atoms with Gasteiger partial charge in [-0.15, -0.1) is 0 Å². The number of alkyl halides is 3. The van der Waals surface area contributed by atoms with Gasteiger partial charge in [-0.25, -0.2) is 0 Å². The minimum atomic E-state index is -4.55. The number of aromatic amines is 1. The largest absolute Gasteiger partial charge is 0.416 e. The zero-order valence-corrected chi connectivity index (χ0v) is 22.5. The Labute approximate surface area is 233 Å². The second kappa shape index (κ2) is 8.94. The smallest absolute Gasteiger partial charge is 0.386 e. The van der Waals surface area contributed by atoms with Gasteiger partial charge in [0, 0.05) is 27.5 Å². The van der Waals surface area contributed by atoms with Crippen LogP contribution in [0.15, 0.2) is 66.7 Å². The molecule has 4 N–H and O–H groups in total. The van der Waals surface area contributed by atoms with Crippen molar-refractivity contribution in [1.29, 1.82) is 0 Å². The van der Waals surface area contributed by atoms with Crippen LogP contribution in [0.1, 0.15) is 56.8 Å². The number of hydrogen-bond donors (Lipinski definition) is 3. The van der Waals surface area contributed by atoms with Crippen LogP contribution in [0.3, 0.4) is 0 Å². The van der Waals surface area contributed by atoms with E-state index in [0.717, 1.165) is 39.6 Å². The number of carbonyl (C=O) groups excluding carboxylic acids is 2. The number of fused-ring (bicyclic) bond motifs is 4. The fraction of sp³-hybridized carbons (Fsp3) is 0.188. The molecule has 208 valence electrons. The topological polar surface area (TPSA) is 99.4 Å². The van der Waals surface area contributed by atoms with E-state index in [-0.39, 0.29) is 12.1 Å². The van der Waals surface area contributed by atoms with Gasteiger partial charge in [0.25, 0.3) is 11.8 Å². The van der Waals surface area contributed by atoms with Crippen LogP contribution in [0, 0.1) is 6.92 Å². The summed E-state index contributed by atoms with van der Waals surface area (Å²) in [7, 11) is 0. The number of H-pyrrole nitrogens is 1. The van der Waals surface area contributed by atoms with Crippen LogP contribution < -0.4 is 10.6 Å². The summed E-state index contributed by atoms with van der Waals surface area (Å²) >= 11 is 0. The maximum Gasteiger partial charge on any atom is 0.416 e. The molecular weight excluding hydrogens is 531 g/mol. The van der Waals surface area contributed by atoms with Crippen molar-refractivity contribution < 1.29 is 27.9 Å². The first-order valence-corrected chi connectivity index (χ1v) is 13.0. The Bertz CT molecular complexity index is 1920. The molecule has 9 heteroatoms. The molecule has 0 aliphatic carbocycles. The molecule has 6 nitrogen and oxygen atoms in total. The molecule has 1 aliphatic heterocycles. The van der Waals surface area contributed by atoms with Crippen LogP contribution >= 0.6 is 0 Å². The minimum absolute atomic E-state index is 0.0390. The molecule has 4 aromatic carbocycles. The predicted molar refractivity (Wildman–Crippen MR) is 152 cm³/mol. The highest BCUT2D eigenvalue weighted by molar-refractivity contribution is 6.20. The average molecular weight is 558 g/mol. The third-order valence-electron chi connectivity index (χ3n) is 7.85. The zero-order valence-electron chi connectivity index (χ0n) is 22.5. The van der Waals surface area contributed by atoms with Gasteiger partial charge in [0.15, 0.2) is 0 Å². The maximum absolute atomic E-state index is 13.3. The molecule has 0 radical (unpaired) electrons. The van der Waals surface area contributed by atoms with Crippen molar-refractivity contribution in [3.05, 3.63) is 100 Å². The second-order valence-electron chi connectivity index (χ2n) is 10.9. The van der Waals surface area contributed by atoms with Crippen molar-refractivity contribution in [2.75, 3.05) is 4.90 Å². The molecule has 0 unspecified atom stereocenters. The maximum atomic E-state index is 13.3. The van der Waals surface area contributed by atoms with Gasteiger partial charge >= 0.3 is 6.18 Å². The molecule has 41 heavy (non-hydrogen) atoms. The first-order chi connectivity index (χ1) is 19.3. The van der Waals surface area contributed by atoms with Gasteiger partial charge in [-0.1, -0.05) is 36.4 Å². The molecule has 0 spiro atoms. The Morgan fingerprint density at radius 1 is 0.951 bits per heavy atom. The number of carbonyl (C=O) groups is 2. The number of primary amides is 1. The van der Waals surface area contributed by atoms with Gasteiger partial charge in [0.1, 0.15) is 0 Å². The Morgan fingerprint density at radius 2 is 1.68 bits per heavy atom. The fourth-order valence-corrected chi connectivity index (χ4v) is 5.70. The molecule has 0 atom stereocenters. The zero-order chi connectivity index (χ0) is 29.4. The molecule has 0 fully saturated rings. The number of anilines is 1. The van der Waals surface area contributed by atoms with Crippen LogP contribution in [-0.4, -0.2) is 21.9 Å². The molecule has 6 rings (SSSR count). The third kappa shape index (κ3) is 4.24. The Kier molecular flexibility index (Phi) is 5.80. The normalized spacial score (nSPS) is 13.8. The van der Waals surface area contributed by atoms with E-state index in [1.807, 2.05) is 37.3 Å². The summed E-state index contributed by atoms with van der Waals surface area (Å²) in [5.74, 6) is -1.09. The van der Waals surface area contributed by atoms with Crippen molar-refractivity contribution in [1.82, 2.24) is 4.98 Å². The number of nitrogens with two attached hydrogens (primary N) is 1. The summed E-state index contributed by atoms with van der Waals surface area (Å²) in [5, 5.41) is 12.1. The standard InChI is InChI=1S/C32H26F3N3O3/c1-16-20(5-4-6-26(16)38-15-17-7-8-19(32(33,34)35)13-24(17)30(38)40)21-11-12-23(29(36)39)28-27(21)22-10-9-18(31(2,3)41)14-25(22)37-28/h4-14,37,41H,15H2,1-3H3,(H2,36,39). The van der Waals surface area contributed by atoms with Crippen LogP contribution in [0.5, 0.6) is 0 Å². The van der Waals surface area contributed by atoms with Crippen LogP contribution in [0.2, 0.25) is 0 Å². The summed E-state index contributed by atoms with van der Waals surface area (Å²) < 4.78 is 39.9. The first-order valence-electron chi connectivity index (χ1n) is 13.0. The van der Waals surface area contributed by atoms with E-state index in [1.54, 1.807) is 32.0 Å². The van der Waals surface area contributed by atoms with Gasteiger partial charge in [-0.05, 0) is 78.9 Å². The van der Waals surface area contributed by atoms with Crippen molar-refractivity contribution in [2.45, 2.75) is 39.1 Å². The molecule has 1 aromatic heterocycles. The Morgan fingerprint density at radius 3 is 2.37 bits per heavy atom. The molecule has 2 heterocycles. The lowest BCUT2D eigenvalue weighted by Crippen LogP contribution is -2.24. The van der Waals surface area contributed by atoms with Gasteiger partial charge in [0.2, 0.25) is 0 Å². The van der Waals surface area contributed by atoms with Crippen LogP contribution in [-0.2, 0) is 18.3 Å². The summed E-state index contributed by atoms with van der Waals surface area (Å²) in [6.07, 6.45) is -4.55. The highest BCUT2D eigenvalue weighted by Crippen LogP contribution is 2.42. The monoisotopic (exact) mass is 557 g/mol. The number of halogens is 3. The number of hydrogen-bond acceptors (Lipinski definition) is 3. The van der Waals surface area contributed by atoms with E-state index in [4.69, 9.17) is 5.73 Å². The van der Waals surface area contributed by atoms with Crippen molar-refractivity contribution in [3.63, 3.8) is 0 Å². The minimum Gasteiger partial charge on any atom is -0.386 e. The summed E-state index contributed by atoms with van der Waals surface area (Å²) in [4.78, 5) is 30.5. The number of rotatable bonds is 4. The lowest BCUT2D eigenvalue weighted by Gasteiger charge is -2.21. The Hall–Kier alpha value is -4.63. The molecule has 5 aromatic rings. The average Bonchev–Trinajstić information content (AvgIpc) is 3.44. The number of aromatic nitrogens is 1. The van der Waals surface area contributed by atoms with E-state index >= 15 is 0 Å². The molecular formula is C32H26F3N3O3. The van der Waals surface area contributed by atoms with Gasteiger partial charge in [0.05, 0.1) is 28.8 Å². The van der Waals surface area contributed by atoms with E-state index in [9.17, 15) is 27.9 Å². The molecule has 0 bridgehead atoms. The van der Waals surface area contributed by atoms with Gasteiger partial charge in [-0.2, -0.15) is 13.2 Å². The van der Waals surface area contributed by atoms with Crippen molar-refractivity contribution >= 4 is 39.3 Å². The van der Waals surface area contributed by atoms with Crippen LogP contribution in [0.25, 0.3) is 32.9 Å². The number of amides is 2. The predicted octanol–water partition coefficient (Wildman–Crippen LogP) is 6.80. The number of nitrogens with one attached hydrogen (secondary N) is 1. The van der Waals surface area contributed by atoms with E-state index in [1.165, 1.54) is 11.0 Å². The number of aliphatic hydroxyl groups is 1. The van der Waals surface area contributed by atoms with Crippen molar-refractivity contribution in [3.8, 4) is 11.1 Å². The van der Waals surface area contributed by atoms with E-state index in [2.05, 4.69) is 4.98 Å². The number of benzene rings is 4. The highest BCUT2D eigenvalue weighted by Gasteiger charge is 2.36. The fourth-order valence-electron chi connectivity index (χ4n) is 5.70. The molecule has 0 saturated heterocycles. The third-order valence-corrected chi connectivity index (χ3v) is 7.85. The first kappa shape index (κ1) is 26.6. The molecule has 1 aliphatic rings. The van der Waals surface area contributed by atoms with E-state index < -0.39 is 29.2 Å². The van der Waals surface area contributed by atoms with Gasteiger partial charge in [-0.3, -0.25) is 9.59 Å². The van der Waals surface area contributed by atoms with E-state index in [0.29, 0.717) is 33.4 Å². The quantitative estimate of drug-likeness (QED) is 0.227. The molecule has 0 saturated carbocycles. The molecule has 2 amide bonds. The number of nitrogens with zero attached hydrogens (tertiary/aromatic N) is 1. The summed E-state index contributed by atoms with van der Waals surface area (Å²) in [6.45, 7) is 5.39. The lowest BCUT2D eigenvalue weighted by atomic mass is 9.92.